The summed E-state index contributed by atoms with van der Waals surface area (Å²) in [7, 11) is 0. The maximum Gasteiger partial charge on any atom is 0.306 e. The second-order valence-electron chi connectivity index (χ2n) is 7.02. The third kappa shape index (κ3) is 4.30. The molecule has 0 bridgehead atoms. The second kappa shape index (κ2) is 8.05. The number of benzene rings is 2. The van der Waals surface area contributed by atoms with E-state index >= 15 is 0 Å². The molecule has 0 fully saturated rings. The van der Waals surface area contributed by atoms with Crippen LogP contribution in [0.15, 0.2) is 42.6 Å². The molecule has 0 radical (unpaired) electrons. The number of fused-ring (bicyclic) bond motifs is 2. The summed E-state index contributed by atoms with van der Waals surface area (Å²) in [5.74, 6) is -0.792. The summed E-state index contributed by atoms with van der Waals surface area (Å²) in [4.78, 5) is 31.8. The number of aromatic nitrogens is 2. The lowest BCUT2D eigenvalue weighted by Crippen LogP contribution is -2.20. The van der Waals surface area contributed by atoms with Crippen LogP contribution in [0.5, 0.6) is 0 Å². The Hall–Kier alpha value is -3.19. The van der Waals surface area contributed by atoms with Gasteiger partial charge < -0.3 is 9.72 Å². The molecule has 2 N–H and O–H groups in total. The maximum atomic E-state index is 12.1. The summed E-state index contributed by atoms with van der Waals surface area (Å²) >= 11 is 1.41. The van der Waals surface area contributed by atoms with Gasteiger partial charge in [-0.1, -0.05) is 35.6 Å². The lowest BCUT2D eigenvalue weighted by molar-refractivity contribution is -0.147. The Morgan fingerprint density at radius 2 is 2.03 bits per heavy atom. The summed E-state index contributed by atoms with van der Waals surface area (Å²) < 4.78 is 6.14. The van der Waals surface area contributed by atoms with E-state index in [0.29, 0.717) is 11.6 Å². The predicted molar refractivity (Wildman–Crippen MR) is 115 cm³/mol. The van der Waals surface area contributed by atoms with Gasteiger partial charge in [0.05, 0.1) is 10.2 Å². The molecule has 7 heteroatoms. The number of H-pyrrole nitrogens is 1. The molecule has 2 aromatic carbocycles. The van der Waals surface area contributed by atoms with Crippen molar-refractivity contribution in [2.24, 2.45) is 0 Å². The number of carbonyl (C=O) groups excluding carboxylic acids is 2. The standard InChI is InChI=1S/C22H21N3O3S/c1-13-9-14(2)21-18(10-13)29-22(25-21)24-19(26)12-28-20(27)8-7-15-11-23-17-6-4-3-5-16(15)17/h3-6,9-11,23H,7-8,12H2,1-2H3,(H,24,25,26). The summed E-state index contributed by atoms with van der Waals surface area (Å²) in [5.41, 5.74) is 5.20. The SMILES string of the molecule is Cc1cc(C)c2nc(NC(=O)COC(=O)CCc3c[nH]c4ccccc34)sc2c1. The zero-order valence-corrected chi connectivity index (χ0v) is 17.1. The number of aryl methyl sites for hydroxylation is 3. The number of para-hydroxylation sites is 1. The fourth-order valence-electron chi connectivity index (χ4n) is 3.37. The molecule has 0 saturated heterocycles. The third-order valence-corrected chi connectivity index (χ3v) is 5.63. The van der Waals surface area contributed by atoms with Gasteiger partial charge in [0.2, 0.25) is 0 Å². The quantitative estimate of drug-likeness (QED) is 0.461. The van der Waals surface area contributed by atoms with Crippen LogP contribution in [0.2, 0.25) is 0 Å². The van der Waals surface area contributed by atoms with Crippen LogP contribution in [0.3, 0.4) is 0 Å². The van der Waals surface area contributed by atoms with Gasteiger partial charge in [-0.3, -0.25) is 14.9 Å². The average molecular weight is 407 g/mol. The van der Waals surface area contributed by atoms with E-state index in [-0.39, 0.29) is 18.9 Å². The Labute approximate surface area is 171 Å². The molecule has 4 aromatic rings. The van der Waals surface area contributed by atoms with E-state index in [1.807, 2.05) is 50.4 Å². The van der Waals surface area contributed by atoms with Gasteiger partial charge in [0.15, 0.2) is 11.7 Å². The molecular formula is C22H21N3O3S. The summed E-state index contributed by atoms with van der Waals surface area (Å²) in [6.45, 7) is 3.71. The van der Waals surface area contributed by atoms with Crippen molar-refractivity contribution in [3.05, 3.63) is 59.3 Å². The minimum Gasteiger partial charge on any atom is -0.456 e. The van der Waals surface area contributed by atoms with Gasteiger partial charge in [-0.05, 0) is 49.1 Å². The lowest BCUT2D eigenvalue weighted by atomic mass is 10.1. The molecule has 6 nitrogen and oxygen atoms in total. The first-order chi connectivity index (χ1) is 14.0. The number of thiazole rings is 1. The molecule has 0 aliphatic heterocycles. The number of hydrogen-bond donors (Lipinski definition) is 2. The van der Waals surface area contributed by atoms with Crippen LogP contribution in [0, 0.1) is 13.8 Å². The topological polar surface area (TPSA) is 84.1 Å². The van der Waals surface area contributed by atoms with E-state index in [0.717, 1.165) is 37.8 Å². The molecule has 0 aliphatic carbocycles. The Bertz CT molecular complexity index is 1210. The van der Waals surface area contributed by atoms with Crippen molar-refractivity contribution in [1.29, 1.82) is 0 Å². The van der Waals surface area contributed by atoms with E-state index in [1.165, 1.54) is 11.3 Å². The van der Waals surface area contributed by atoms with E-state index in [4.69, 9.17) is 4.74 Å². The molecule has 0 saturated carbocycles. The predicted octanol–water partition coefficient (Wildman–Crippen LogP) is 4.51. The molecule has 0 atom stereocenters. The lowest BCUT2D eigenvalue weighted by Gasteiger charge is -2.04. The number of ether oxygens (including phenoxy) is 1. The number of amides is 1. The van der Waals surface area contributed by atoms with Crippen molar-refractivity contribution in [2.45, 2.75) is 26.7 Å². The minimum absolute atomic E-state index is 0.217. The van der Waals surface area contributed by atoms with Crippen molar-refractivity contribution in [3.63, 3.8) is 0 Å². The molecule has 2 aromatic heterocycles. The number of carbonyl (C=O) groups is 2. The fourth-order valence-corrected chi connectivity index (χ4v) is 4.43. The van der Waals surface area contributed by atoms with Gasteiger partial charge in [-0.15, -0.1) is 0 Å². The number of aromatic amines is 1. The normalized spacial score (nSPS) is 11.1. The molecule has 0 spiro atoms. The highest BCUT2D eigenvalue weighted by molar-refractivity contribution is 7.22. The highest BCUT2D eigenvalue weighted by atomic mass is 32.1. The van der Waals surface area contributed by atoms with E-state index in [9.17, 15) is 9.59 Å². The maximum absolute atomic E-state index is 12.1. The summed E-state index contributed by atoms with van der Waals surface area (Å²) in [5, 5.41) is 4.32. The highest BCUT2D eigenvalue weighted by Crippen LogP contribution is 2.29. The Morgan fingerprint density at radius 3 is 2.90 bits per heavy atom. The number of hydrogen-bond acceptors (Lipinski definition) is 5. The largest absolute Gasteiger partial charge is 0.456 e. The molecule has 1 amide bonds. The van der Waals surface area contributed by atoms with Gasteiger partial charge >= 0.3 is 5.97 Å². The van der Waals surface area contributed by atoms with E-state index < -0.39 is 5.97 Å². The number of nitrogens with zero attached hydrogens (tertiary/aromatic N) is 1. The van der Waals surface area contributed by atoms with Crippen molar-refractivity contribution in [1.82, 2.24) is 9.97 Å². The molecular weight excluding hydrogens is 386 g/mol. The zero-order valence-electron chi connectivity index (χ0n) is 16.2. The Morgan fingerprint density at radius 1 is 1.21 bits per heavy atom. The van der Waals surface area contributed by atoms with Gasteiger partial charge in [0.25, 0.3) is 5.91 Å². The Balaban J connectivity index is 1.29. The van der Waals surface area contributed by atoms with Crippen molar-refractivity contribution >= 4 is 49.5 Å². The number of esters is 1. The van der Waals surface area contributed by atoms with E-state index in [2.05, 4.69) is 21.4 Å². The Kier molecular flexibility index (Phi) is 5.31. The molecule has 0 aliphatic rings. The van der Waals surface area contributed by atoms with Crippen molar-refractivity contribution in [2.75, 3.05) is 11.9 Å². The van der Waals surface area contributed by atoms with Crippen LogP contribution in [-0.2, 0) is 20.7 Å². The summed E-state index contributed by atoms with van der Waals surface area (Å²) in [6.07, 6.45) is 2.68. The first kappa shape index (κ1) is 19.1. The van der Waals surface area contributed by atoms with Crippen LogP contribution >= 0.6 is 11.3 Å². The second-order valence-corrected chi connectivity index (χ2v) is 8.05. The molecule has 29 heavy (non-hydrogen) atoms. The van der Waals surface area contributed by atoms with Crippen LogP contribution < -0.4 is 5.32 Å². The minimum atomic E-state index is -0.402. The van der Waals surface area contributed by atoms with Crippen LogP contribution in [0.1, 0.15) is 23.1 Å². The van der Waals surface area contributed by atoms with Gasteiger partial charge in [-0.2, -0.15) is 0 Å². The number of nitrogens with one attached hydrogen (secondary N) is 2. The first-order valence-electron chi connectivity index (χ1n) is 9.38. The highest BCUT2D eigenvalue weighted by Gasteiger charge is 2.13. The van der Waals surface area contributed by atoms with Crippen LogP contribution in [-0.4, -0.2) is 28.5 Å². The van der Waals surface area contributed by atoms with E-state index in [1.54, 1.807) is 0 Å². The average Bonchev–Trinajstić information content (AvgIpc) is 3.28. The summed E-state index contributed by atoms with van der Waals surface area (Å²) in [6, 6.07) is 12.0. The van der Waals surface area contributed by atoms with Crippen LogP contribution in [0.25, 0.3) is 21.1 Å². The third-order valence-electron chi connectivity index (χ3n) is 4.71. The van der Waals surface area contributed by atoms with Crippen molar-refractivity contribution in [3.8, 4) is 0 Å². The number of anilines is 1. The first-order valence-corrected chi connectivity index (χ1v) is 10.2. The molecule has 2 heterocycles. The van der Waals surface area contributed by atoms with Crippen molar-refractivity contribution < 1.29 is 14.3 Å². The zero-order chi connectivity index (χ0) is 20.4. The molecule has 4 rings (SSSR count). The van der Waals surface area contributed by atoms with Gasteiger partial charge in [-0.25, -0.2) is 4.98 Å². The van der Waals surface area contributed by atoms with Gasteiger partial charge in [0.1, 0.15) is 0 Å². The smallest absolute Gasteiger partial charge is 0.306 e. The fraction of sp³-hybridized carbons (Fsp3) is 0.227. The molecule has 0 unspecified atom stereocenters. The monoisotopic (exact) mass is 407 g/mol. The molecule has 148 valence electrons. The van der Waals surface area contributed by atoms with Crippen LogP contribution in [0.4, 0.5) is 5.13 Å². The van der Waals surface area contributed by atoms with Gasteiger partial charge in [0, 0.05) is 23.5 Å². The number of rotatable bonds is 6.